The first-order chi connectivity index (χ1) is 5.99. The molecule has 0 bridgehead atoms. The molecule has 1 atom stereocenters. The van der Waals surface area contributed by atoms with Crippen LogP contribution in [0.4, 0.5) is 0 Å². The molecule has 1 aromatic rings. The van der Waals surface area contributed by atoms with Gasteiger partial charge >= 0.3 is 0 Å². The molecule has 4 heteroatoms. The monoisotopic (exact) mass is 198 g/mol. The molecule has 13 heavy (non-hydrogen) atoms. The van der Waals surface area contributed by atoms with E-state index in [0.717, 1.165) is 0 Å². The average Bonchev–Trinajstić information content (AvgIpc) is 2.03. The molecule has 3 nitrogen and oxygen atoms in total. The molecular weight excluding hydrogens is 186 g/mol. The van der Waals surface area contributed by atoms with Crippen LogP contribution in [0.3, 0.4) is 0 Å². The van der Waals surface area contributed by atoms with E-state index in [1.54, 1.807) is 24.5 Å². The van der Waals surface area contributed by atoms with Crippen molar-refractivity contribution in [2.24, 2.45) is 0 Å². The molecule has 0 aliphatic heterocycles. The maximum Gasteiger partial charge on any atom is 0.155 e. The maximum atomic E-state index is 11.5. The van der Waals surface area contributed by atoms with Crippen molar-refractivity contribution in [3.05, 3.63) is 24.5 Å². The van der Waals surface area contributed by atoms with E-state index in [1.165, 1.54) is 13.8 Å². The Morgan fingerprint density at radius 2 is 2.00 bits per heavy atom. The van der Waals surface area contributed by atoms with Gasteiger partial charge in [0.2, 0.25) is 0 Å². The van der Waals surface area contributed by atoms with Crippen molar-refractivity contribution in [3.63, 3.8) is 0 Å². The summed E-state index contributed by atoms with van der Waals surface area (Å²) in [5.41, 5.74) is -1.14. The van der Waals surface area contributed by atoms with E-state index in [-0.39, 0.29) is 5.75 Å². The molecular formula is C9H12NO2S. The van der Waals surface area contributed by atoms with Crippen LogP contribution in [0.2, 0.25) is 0 Å². The van der Waals surface area contributed by atoms with Crippen LogP contribution in [0.5, 0.6) is 0 Å². The number of hydrogen-bond donors (Lipinski definition) is 0. The molecule has 0 amide bonds. The predicted molar refractivity (Wildman–Crippen MR) is 50.3 cm³/mol. The minimum Gasteiger partial charge on any atom is -0.611 e. The van der Waals surface area contributed by atoms with Crippen LogP contribution in [0.1, 0.15) is 13.8 Å². The molecule has 0 fully saturated rings. The lowest BCUT2D eigenvalue weighted by molar-refractivity contribution is 0.0249. The zero-order chi connectivity index (χ0) is 9.90. The van der Waals surface area contributed by atoms with Gasteiger partial charge in [0.1, 0.15) is 11.4 Å². The Morgan fingerprint density at radius 3 is 2.46 bits per heavy atom. The smallest absolute Gasteiger partial charge is 0.155 e. The van der Waals surface area contributed by atoms with Crippen molar-refractivity contribution in [3.8, 4) is 0 Å². The lowest BCUT2D eigenvalue weighted by Gasteiger charge is -2.17. The highest BCUT2D eigenvalue weighted by molar-refractivity contribution is 7.91. The van der Waals surface area contributed by atoms with Crippen LogP contribution in [0.25, 0.3) is 0 Å². The van der Waals surface area contributed by atoms with E-state index < -0.39 is 16.8 Å². The lowest BCUT2D eigenvalue weighted by Crippen LogP contribution is -2.28. The minimum absolute atomic E-state index is 0.136. The molecule has 1 heterocycles. The van der Waals surface area contributed by atoms with Crippen LogP contribution < -0.4 is 0 Å². The summed E-state index contributed by atoms with van der Waals surface area (Å²) in [6, 6.07) is 3.34. The summed E-state index contributed by atoms with van der Waals surface area (Å²) in [6.07, 6.45) is 3.15. The van der Waals surface area contributed by atoms with Gasteiger partial charge in [-0.2, -0.15) is 0 Å². The molecule has 0 aromatic carbocycles. The van der Waals surface area contributed by atoms with Crippen molar-refractivity contribution >= 4 is 11.2 Å². The van der Waals surface area contributed by atoms with Crippen LogP contribution in [0, 0.1) is 0 Å². The number of hydrogen-bond acceptors (Lipinski definition) is 2. The largest absolute Gasteiger partial charge is 0.611 e. The Kier molecular flexibility index (Phi) is 3.30. The van der Waals surface area contributed by atoms with Crippen molar-refractivity contribution in [2.75, 3.05) is 5.75 Å². The first-order valence-corrected chi connectivity index (χ1v) is 5.30. The third-order valence-corrected chi connectivity index (χ3v) is 3.15. The second-order valence-electron chi connectivity index (χ2n) is 3.43. The third-order valence-electron chi connectivity index (χ3n) is 1.39. The molecule has 0 aliphatic carbocycles. The third kappa shape index (κ3) is 3.76. The Bertz CT molecular complexity index is 258. The van der Waals surface area contributed by atoms with E-state index in [1.807, 2.05) is 0 Å². The van der Waals surface area contributed by atoms with E-state index in [0.29, 0.717) is 4.90 Å². The zero-order valence-corrected chi connectivity index (χ0v) is 8.50. The van der Waals surface area contributed by atoms with Gasteiger partial charge in [-0.15, -0.1) is 0 Å². The second kappa shape index (κ2) is 4.09. The molecule has 71 valence electrons. The van der Waals surface area contributed by atoms with E-state index in [4.69, 9.17) is 0 Å². The fourth-order valence-corrected chi connectivity index (χ4v) is 2.11. The molecule has 0 spiro atoms. The van der Waals surface area contributed by atoms with Crippen molar-refractivity contribution in [1.29, 1.82) is 0 Å². The van der Waals surface area contributed by atoms with Crippen LogP contribution in [0.15, 0.2) is 29.4 Å². The maximum absolute atomic E-state index is 11.5. The zero-order valence-electron chi connectivity index (χ0n) is 7.69. The van der Waals surface area contributed by atoms with Crippen molar-refractivity contribution < 1.29 is 9.66 Å². The van der Waals surface area contributed by atoms with Gasteiger partial charge in [0.15, 0.2) is 4.90 Å². The standard InChI is InChI=1S/C9H12NO2S/c1-9(2,11)7-13(12)8-3-5-10-6-4-8/h3-6H,7H2,1-2H3. The van der Waals surface area contributed by atoms with Gasteiger partial charge in [0.05, 0.1) is 0 Å². The fourth-order valence-electron chi connectivity index (χ4n) is 0.889. The lowest BCUT2D eigenvalue weighted by atomic mass is 10.2. The van der Waals surface area contributed by atoms with Gasteiger partial charge < -0.3 is 4.55 Å². The summed E-state index contributed by atoms with van der Waals surface area (Å²) in [5, 5.41) is 11.3. The Hall–Kier alpha value is -0.580. The summed E-state index contributed by atoms with van der Waals surface area (Å²) >= 11 is -1.21. The van der Waals surface area contributed by atoms with E-state index in [9.17, 15) is 9.66 Å². The van der Waals surface area contributed by atoms with Gasteiger partial charge in [0.25, 0.3) is 0 Å². The first-order valence-electron chi connectivity index (χ1n) is 3.98. The molecule has 1 unspecified atom stereocenters. The normalized spacial score (nSPS) is 14.2. The van der Waals surface area contributed by atoms with Crippen LogP contribution >= 0.6 is 0 Å². The highest BCUT2D eigenvalue weighted by Crippen LogP contribution is 2.15. The van der Waals surface area contributed by atoms with Gasteiger partial charge in [-0.1, -0.05) is 0 Å². The van der Waals surface area contributed by atoms with Crippen molar-refractivity contribution in [1.82, 2.24) is 4.98 Å². The van der Waals surface area contributed by atoms with E-state index >= 15 is 0 Å². The first kappa shape index (κ1) is 10.5. The Labute approximate surface area is 81.0 Å². The SMILES string of the molecule is CC(C)([O])C[S+]([O-])c1ccncc1. The van der Waals surface area contributed by atoms with Crippen molar-refractivity contribution in [2.45, 2.75) is 24.3 Å². The quantitative estimate of drug-likeness (QED) is 0.689. The summed E-state index contributed by atoms with van der Waals surface area (Å²) in [5.74, 6) is 0.136. The topological polar surface area (TPSA) is 55.8 Å². The van der Waals surface area contributed by atoms with E-state index in [2.05, 4.69) is 4.98 Å². The minimum atomic E-state index is -1.21. The second-order valence-corrected chi connectivity index (χ2v) is 4.88. The summed E-state index contributed by atoms with van der Waals surface area (Å²) in [7, 11) is 0. The number of rotatable bonds is 3. The highest BCUT2D eigenvalue weighted by atomic mass is 32.2. The number of nitrogens with zero attached hydrogens (tertiary/aromatic N) is 1. The summed E-state index contributed by atoms with van der Waals surface area (Å²) < 4.78 is 11.5. The van der Waals surface area contributed by atoms with Gasteiger partial charge in [-0.3, -0.25) is 4.98 Å². The molecule has 0 saturated carbocycles. The fraction of sp³-hybridized carbons (Fsp3) is 0.444. The molecule has 0 saturated heterocycles. The molecule has 1 aromatic heterocycles. The predicted octanol–water partition coefficient (Wildman–Crippen LogP) is 1.40. The number of pyridine rings is 1. The van der Waals surface area contributed by atoms with Gasteiger partial charge in [-0.05, 0) is 25.0 Å². The Morgan fingerprint density at radius 1 is 1.46 bits per heavy atom. The van der Waals surface area contributed by atoms with Gasteiger partial charge in [0, 0.05) is 24.5 Å². The van der Waals surface area contributed by atoms with Crippen LogP contribution in [-0.2, 0) is 16.3 Å². The number of aromatic nitrogens is 1. The highest BCUT2D eigenvalue weighted by Gasteiger charge is 2.24. The molecule has 0 N–H and O–H groups in total. The van der Waals surface area contributed by atoms with Crippen LogP contribution in [-0.4, -0.2) is 20.9 Å². The molecule has 0 aliphatic rings. The molecule has 1 radical (unpaired) electrons. The Balaban J connectivity index is 2.64. The molecule has 1 rings (SSSR count). The average molecular weight is 198 g/mol. The summed E-state index contributed by atoms with van der Waals surface area (Å²) in [6.45, 7) is 3.07. The summed E-state index contributed by atoms with van der Waals surface area (Å²) in [4.78, 5) is 4.48. The van der Waals surface area contributed by atoms with Gasteiger partial charge in [-0.25, -0.2) is 5.11 Å².